The van der Waals surface area contributed by atoms with Gasteiger partial charge in [0, 0.05) is 25.0 Å². The fourth-order valence-corrected chi connectivity index (χ4v) is 5.66. The van der Waals surface area contributed by atoms with E-state index in [0.717, 1.165) is 37.9 Å². The van der Waals surface area contributed by atoms with E-state index in [1.165, 1.54) is 108 Å². The number of carbonyl (C=O) groups excluding carboxylic acids is 2. The molecule has 2 aromatic carbocycles. The summed E-state index contributed by atoms with van der Waals surface area (Å²) in [6.45, 7) is 5.17. The second kappa shape index (κ2) is 27.1. The van der Waals surface area contributed by atoms with Crippen LogP contribution in [0.1, 0.15) is 157 Å². The van der Waals surface area contributed by atoms with Crippen molar-refractivity contribution in [2.75, 3.05) is 6.61 Å². The van der Waals surface area contributed by atoms with Gasteiger partial charge in [0.15, 0.2) is 0 Å². The average molecular weight is 706 g/mol. The number of aromatic nitrogens is 1. The van der Waals surface area contributed by atoms with Crippen LogP contribution in [-0.4, -0.2) is 23.5 Å². The lowest BCUT2D eigenvalue weighted by atomic mass is 10.1. The highest BCUT2D eigenvalue weighted by atomic mass is 16.5. The predicted octanol–water partition coefficient (Wildman–Crippen LogP) is 11.6. The molecule has 6 heteroatoms. The van der Waals surface area contributed by atoms with E-state index < -0.39 is 11.9 Å². The first-order chi connectivity index (χ1) is 25.6. The molecule has 3 aromatic rings. The maximum absolute atomic E-state index is 12.6. The number of benzene rings is 2. The van der Waals surface area contributed by atoms with E-state index >= 15 is 0 Å². The van der Waals surface area contributed by atoms with Crippen molar-refractivity contribution < 1.29 is 23.8 Å². The fourth-order valence-electron chi connectivity index (χ4n) is 5.66. The van der Waals surface area contributed by atoms with Crippen LogP contribution in [0.4, 0.5) is 0 Å². The Hall–Kier alpha value is -4.55. The lowest BCUT2D eigenvalue weighted by molar-refractivity contribution is -0.128. The minimum absolute atomic E-state index is 0.273. The molecule has 0 saturated heterocycles. The maximum Gasteiger partial charge on any atom is 0.390 e. The average Bonchev–Trinajstić information content (AvgIpc) is 3.16. The van der Waals surface area contributed by atoms with E-state index in [1.807, 2.05) is 12.1 Å². The zero-order chi connectivity index (χ0) is 36.9. The summed E-state index contributed by atoms with van der Waals surface area (Å²) in [6, 6.07) is 17.6. The zero-order valence-electron chi connectivity index (χ0n) is 31.7. The number of pyridine rings is 1. The van der Waals surface area contributed by atoms with Gasteiger partial charge in [-0.25, -0.2) is 14.6 Å². The highest BCUT2D eigenvalue weighted by molar-refractivity contribution is 5.91. The van der Waals surface area contributed by atoms with Gasteiger partial charge in [-0.3, -0.25) is 0 Å². The number of unbranched alkanes of at least 4 members (excludes halogenated alkanes) is 16. The van der Waals surface area contributed by atoms with Gasteiger partial charge in [-0.05, 0) is 85.7 Å². The quantitative estimate of drug-likeness (QED) is 0.0400. The molecule has 0 saturated carbocycles. The number of rotatable bonds is 24. The second-order valence-corrected chi connectivity index (χ2v) is 13.3. The molecule has 0 aliphatic rings. The van der Waals surface area contributed by atoms with Gasteiger partial charge >= 0.3 is 11.9 Å². The van der Waals surface area contributed by atoms with Crippen molar-refractivity contribution in [2.24, 2.45) is 0 Å². The first-order valence-electron chi connectivity index (χ1n) is 19.8. The smallest absolute Gasteiger partial charge is 0.390 e. The Morgan fingerprint density at radius 2 is 1.12 bits per heavy atom. The van der Waals surface area contributed by atoms with Crippen molar-refractivity contribution in [1.82, 2.24) is 4.98 Å². The van der Waals surface area contributed by atoms with E-state index in [2.05, 4.69) is 42.5 Å². The summed E-state index contributed by atoms with van der Waals surface area (Å²) in [5, 5.41) is 0. The molecule has 278 valence electrons. The summed E-state index contributed by atoms with van der Waals surface area (Å²) in [4.78, 5) is 29.1. The van der Waals surface area contributed by atoms with Gasteiger partial charge < -0.3 is 14.2 Å². The first kappa shape index (κ1) is 41.9. The molecule has 52 heavy (non-hydrogen) atoms. The Labute approximate surface area is 313 Å². The van der Waals surface area contributed by atoms with Crippen molar-refractivity contribution in [3.05, 3.63) is 83.7 Å². The number of carbonyl (C=O) groups is 2. The predicted molar refractivity (Wildman–Crippen MR) is 211 cm³/mol. The second-order valence-electron chi connectivity index (χ2n) is 13.3. The Morgan fingerprint density at radius 1 is 0.577 bits per heavy atom. The normalized spacial score (nSPS) is 10.4. The Balaban J connectivity index is 1.29. The van der Waals surface area contributed by atoms with Gasteiger partial charge in [-0.2, -0.15) is 0 Å². The van der Waals surface area contributed by atoms with Crippen LogP contribution < -0.4 is 14.2 Å². The maximum atomic E-state index is 12.6. The molecule has 0 atom stereocenters. The van der Waals surface area contributed by atoms with Gasteiger partial charge in [0.05, 0.1) is 12.2 Å². The molecule has 0 amide bonds. The summed E-state index contributed by atoms with van der Waals surface area (Å²) in [6.07, 6.45) is 25.9. The molecule has 0 aliphatic heterocycles. The lowest BCUT2D eigenvalue weighted by Crippen LogP contribution is -2.09. The van der Waals surface area contributed by atoms with Gasteiger partial charge in [0.2, 0.25) is 0 Å². The third-order valence-electron chi connectivity index (χ3n) is 8.77. The van der Waals surface area contributed by atoms with Crippen molar-refractivity contribution in [3.8, 4) is 40.9 Å². The molecule has 0 fully saturated rings. The standard InChI is InChI=1S/C46H59NO5/c1-3-5-7-9-11-13-15-17-19-21-23-37-50-42-32-34-44(35-33-42)52-46(49)40-27-28-41(47-38-40)29-36-45(48)51-43-30-25-39(26-31-43)24-22-20-18-16-14-12-10-8-6-4-2/h25-28,30-35,38H,3-15,17,19-24,37H2,1-2H3. The van der Waals surface area contributed by atoms with Crippen molar-refractivity contribution in [3.63, 3.8) is 0 Å². The third kappa shape index (κ3) is 19.2. The van der Waals surface area contributed by atoms with Crippen molar-refractivity contribution in [1.29, 1.82) is 0 Å². The number of hydrogen-bond donors (Lipinski definition) is 0. The lowest BCUT2D eigenvalue weighted by Gasteiger charge is -2.08. The van der Waals surface area contributed by atoms with Crippen LogP contribution in [0.3, 0.4) is 0 Å². The number of ether oxygens (including phenoxy) is 3. The van der Waals surface area contributed by atoms with Crippen LogP contribution >= 0.6 is 0 Å². The molecule has 0 aliphatic carbocycles. The molecular formula is C46H59NO5. The molecule has 0 bridgehead atoms. The minimum Gasteiger partial charge on any atom is -0.494 e. The molecule has 3 rings (SSSR count). The van der Waals surface area contributed by atoms with Gasteiger partial charge in [0.25, 0.3) is 0 Å². The zero-order valence-corrected chi connectivity index (χ0v) is 31.7. The van der Waals surface area contributed by atoms with E-state index in [1.54, 1.807) is 48.5 Å². The van der Waals surface area contributed by atoms with Crippen molar-refractivity contribution in [2.45, 2.75) is 142 Å². The molecule has 1 aromatic heterocycles. The Bertz CT molecular complexity index is 1540. The number of nitrogens with zero attached hydrogens (tertiary/aromatic N) is 1. The monoisotopic (exact) mass is 705 g/mol. The van der Waals surface area contributed by atoms with Crippen LogP contribution in [-0.2, 0) is 11.2 Å². The highest BCUT2D eigenvalue weighted by Crippen LogP contribution is 2.20. The summed E-state index contributed by atoms with van der Waals surface area (Å²) >= 11 is 0. The molecular weight excluding hydrogens is 647 g/mol. The molecule has 1 heterocycles. The summed E-state index contributed by atoms with van der Waals surface area (Å²) in [5.74, 6) is 12.1. The largest absolute Gasteiger partial charge is 0.494 e. The summed E-state index contributed by atoms with van der Waals surface area (Å²) in [7, 11) is 0. The van der Waals surface area contributed by atoms with Crippen LogP contribution in [0.5, 0.6) is 17.2 Å². The SMILES string of the molecule is CCCCCCCC#CCCCc1ccc(OC(=O)C#Cc2ccc(C(=O)Oc3ccc(OCCCCCCCCCCCCC)cc3)cn2)cc1. The van der Waals surface area contributed by atoms with Crippen LogP contribution in [0.15, 0.2) is 66.9 Å². The molecule has 0 N–H and O–H groups in total. The van der Waals surface area contributed by atoms with E-state index in [4.69, 9.17) is 14.2 Å². The first-order valence-corrected chi connectivity index (χ1v) is 19.8. The van der Waals surface area contributed by atoms with Crippen molar-refractivity contribution >= 4 is 11.9 Å². The summed E-state index contributed by atoms with van der Waals surface area (Å²) < 4.78 is 16.7. The third-order valence-corrected chi connectivity index (χ3v) is 8.77. The van der Waals surface area contributed by atoms with Crippen LogP contribution in [0, 0.1) is 23.7 Å². The molecule has 0 spiro atoms. The molecule has 0 unspecified atom stereocenters. The fraction of sp³-hybridized carbons (Fsp3) is 0.500. The summed E-state index contributed by atoms with van der Waals surface area (Å²) in [5.41, 5.74) is 1.78. The number of hydrogen-bond acceptors (Lipinski definition) is 6. The van der Waals surface area contributed by atoms with E-state index in [9.17, 15) is 9.59 Å². The van der Waals surface area contributed by atoms with Crippen LogP contribution in [0.25, 0.3) is 0 Å². The Kier molecular flexibility index (Phi) is 21.9. The van der Waals surface area contributed by atoms with Gasteiger partial charge in [-0.15, -0.1) is 11.8 Å². The number of aryl methyl sites for hydroxylation is 1. The van der Waals surface area contributed by atoms with Gasteiger partial charge in [0.1, 0.15) is 22.9 Å². The molecule has 6 nitrogen and oxygen atoms in total. The number of esters is 2. The highest BCUT2D eigenvalue weighted by Gasteiger charge is 2.10. The minimum atomic E-state index is -0.686. The topological polar surface area (TPSA) is 74.7 Å². The Morgan fingerprint density at radius 3 is 1.73 bits per heavy atom. The van der Waals surface area contributed by atoms with Gasteiger partial charge in [-0.1, -0.05) is 116 Å². The van der Waals surface area contributed by atoms with E-state index in [0.29, 0.717) is 23.8 Å². The van der Waals surface area contributed by atoms with Crippen LogP contribution in [0.2, 0.25) is 0 Å². The van der Waals surface area contributed by atoms with E-state index in [-0.39, 0.29) is 5.56 Å². The molecule has 0 radical (unpaired) electrons.